The lowest BCUT2D eigenvalue weighted by Gasteiger charge is -2.14. The van der Waals surface area contributed by atoms with Crippen LogP contribution < -0.4 is 0 Å². The molecule has 1 atom stereocenters. The van der Waals surface area contributed by atoms with Crippen LogP contribution >= 0.6 is 11.6 Å². The number of rotatable bonds is 4. The van der Waals surface area contributed by atoms with Gasteiger partial charge in [0.05, 0.1) is 17.6 Å². The minimum absolute atomic E-state index is 0.0951. The topological polar surface area (TPSA) is 89.7 Å². The number of carbonyl (C=O) groups excluding carboxylic acids is 1. The molecule has 19 heavy (non-hydrogen) atoms. The number of aliphatic hydroxyl groups excluding tert-OH is 1. The Labute approximate surface area is 114 Å². The summed E-state index contributed by atoms with van der Waals surface area (Å²) in [4.78, 5) is 21.5. The van der Waals surface area contributed by atoms with Gasteiger partial charge in [-0.1, -0.05) is 11.6 Å². The first-order chi connectivity index (χ1) is 8.88. The number of nitrogens with zero attached hydrogens (tertiary/aromatic N) is 1. The van der Waals surface area contributed by atoms with Crippen molar-refractivity contribution in [3.05, 3.63) is 50.5 Å². The second kappa shape index (κ2) is 6.31. The van der Waals surface area contributed by atoms with Crippen LogP contribution in [0, 0.1) is 10.1 Å². The highest BCUT2D eigenvalue weighted by Gasteiger charge is 2.24. The zero-order chi connectivity index (χ0) is 14.6. The monoisotopic (exact) mass is 285 g/mol. The zero-order valence-electron chi connectivity index (χ0n) is 10.3. The third kappa shape index (κ3) is 3.52. The average molecular weight is 286 g/mol. The smallest absolute Gasteiger partial charge is 0.337 e. The van der Waals surface area contributed by atoms with Crippen molar-refractivity contribution in [2.24, 2.45) is 0 Å². The van der Waals surface area contributed by atoms with Crippen LogP contribution in [0.1, 0.15) is 18.6 Å². The molecule has 0 aromatic heterocycles. The van der Waals surface area contributed by atoms with Gasteiger partial charge in [0.15, 0.2) is 0 Å². The first-order valence-corrected chi connectivity index (χ1v) is 5.63. The summed E-state index contributed by atoms with van der Waals surface area (Å²) in [6.07, 6.45) is -1.30. The molecule has 0 amide bonds. The highest BCUT2D eigenvalue weighted by atomic mass is 35.5. The standard InChI is InChI=1S/C12H12ClNO5/c1-7(13)10(12(16)19-2)11(15)8-3-5-9(6-4-8)14(17)18/h3-6,11,15H,1-2H3/b10-7+. The number of benzene rings is 1. The Bertz CT molecular complexity index is 519. The minimum atomic E-state index is -1.30. The summed E-state index contributed by atoms with van der Waals surface area (Å²) in [5.41, 5.74) is 0.103. The van der Waals surface area contributed by atoms with Gasteiger partial charge in [-0.15, -0.1) is 0 Å². The molecule has 0 aliphatic heterocycles. The molecule has 1 N–H and O–H groups in total. The molecule has 0 saturated heterocycles. The Morgan fingerprint density at radius 3 is 2.32 bits per heavy atom. The molecule has 0 bridgehead atoms. The van der Waals surface area contributed by atoms with Gasteiger partial charge < -0.3 is 9.84 Å². The van der Waals surface area contributed by atoms with Crippen LogP contribution in [0.5, 0.6) is 0 Å². The Morgan fingerprint density at radius 1 is 1.42 bits per heavy atom. The number of hydrogen-bond donors (Lipinski definition) is 1. The second-order valence-corrected chi connectivity index (χ2v) is 4.26. The number of carbonyl (C=O) groups is 1. The number of nitro benzene ring substituents is 1. The largest absolute Gasteiger partial charge is 0.466 e. The van der Waals surface area contributed by atoms with Crippen molar-refractivity contribution >= 4 is 23.3 Å². The van der Waals surface area contributed by atoms with E-state index < -0.39 is 17.0 Å². The Balaban J connectivity index is 3.11. The van der Waals surface area contributed by atoms with Crippen LogP contribution in [-0.2, 0) is 9.53 Å². The van der Waals surface area contributed by atoms with Gasteiger partial charge >= 0.3 is 5.97 Å². The molecular weight excluding hydrogens is 274 g/mol. The maximum absolute atomic E-state index is 11.5. The molecule has 1 rings (SSSR count). The molecule has 0 heterocycles. The van der Waals surface area contributed by atoms with E-state index in [1.54, 1.807) is 0 Å². The minimum Gasteiger partial charge on any atom is -0.466 e. The van der Waals surface area contributed by atoms with E-state index in [4.69, 9.17) is 11.6 Å². The molecule has 1 aromatic carbocycles. The number of methoxy groups -OCH3 is 1. The molecule has 0 spiro atoms. The fourth-order valence-corrected chi connectivity index (χ4v) is 1.68. The first kappa shape index (κ1) is 15.1. The Morgan fingerprint density at radius 2 is 1.95 bits per heavy atom. The van der Waals surface area contributed by atoms with Crippen molar-refractivity contribution in [3.63, 3.8) is 0 Å². The predicted molar refractivity (Wildman–Crippen MR) is 68.6 cm³/mol. The van der Waals surface area contributed by atoms with Crippen LogP contribution in [0.2, 0.25) is 0 Å². The summed E-state index contributed by atoms with van der Waals surface area (Å²) in [7, 11) is 1.17. The summed E-state index contributed by atoms with van der Waals surface area (Å²) in [6.45, 7) is 1.45. The number of esters is 1. The van der Waals surface area contributed by atoms with Gasteiger partial charge in [0.2, 0.25) is 0 Å². The Hall–Kier alpha value is -1.92. The summed E-state index contributed by atoms with van der Waals surface area (Å²) < 4.78 is 4.53. The van der Waals surface area contributed by atoms with Crippen molar-refractivity contribution in [2.45, 2.75) is 13.0 Å². The molecule has 0 aliphatic rings. The molecule has 1 aromatic rings. The van der Waals surface area contributed by atoms with Crippen LogP contribution in [-0.4, -0.2) is 23.1 Å². The summed E-state index contributed by atoms with van der Waals surface area (Å²) in [6, 6.07) is 5.17. The third-order valence-electron chi connectivity index (χ3n) is 2.47. The number of hydrogen-bond acceptors (Lipinski definition) is 5. The fourth-order valence-electron chi connectivity index (χ4n) is 1.50. The van der Waals surface area contributed by atoms with E-state index in [1.807, 2.05) is 0 Å². The lowest BCUT2D eigenvalue weighted by Crippen LogP contribution is -2.14. The fraction of sp³-hybridized carbons (Fsp3) is 0.250. The highest BCUT2D eigenvalue weighted by Crippen LogP contribution is 2.28. The summed E-state index contributed by atoms with van der Waals surface area (Å²) in [5.74, 6) is -0.752. The third-order valence-corrected chi connectivity index (χ3v) is 2.67. The van der Waals surface area contributed by atoms with Crippen LogP contribution in [0.25, 0.3) is 0 Å². The quantitative estimate of drug-likeness (QED) is 0.397. The lowest BCUT2D eigenvalue weighted by atomic mass is 10.0. The van der Waals surface area contributed by atoms with Crippen LogP contribution in [0.3, 0.4) is 0 Å². The van der Waals surface area contributed by atoms with Crippen molar-refractivity contribution < 1.29 is 19.6 Å². The van der Waals surface area contributed by atoms with Gasteiger partial charge in [-0.2, -0.15) is 0 Å². The molecule has 7 heteroatoms. The van der Waals surface area contributed by atoms with Crippen LogP contribution in [0.15, 0.2) is 34.9 Å². The maximum Gasteiger partial charge on any atom is 0.337 e. The van der Waals surface area contributed by atoms with Gasteiger partial charge in [0.1, 0.15) is 6.10 Å². The van der Waals surface area contributed by atoms with Gasteiger partial charge in [-0.25, -0.2) is 4.79 Å². The van der Waals surface area contributed by atoms with E-state index in [2.05, 4.69) is 4.74 Å². The second-order valence-electron chi connectivity index (χ2n) is 3.69. The Kier molecular flexibility index (Phi) is 5.02. The highest BCUT2D eigenvalue weighted by molar-refractivity contribution is 6.31. The van der Waals surface area contributed by atoms with E-state index in [9.17, 15) is 20.0 Å². The average Bonchev–Trinajstić information content (AvgIpc) is 2.38. The van der Waals surface area contributed by atoms with Gasteiger partial charge in [-0.05, 0) is 24.6 Å². The number of allylic oxidation sites excluding steroid dienone is 1. The molecule has 0 radical (unpaired) electrons. The zero-order valence-corrected chi connectivity index (χ0v) is 11.0. The van der Waals surface area contributed by atoms with Crippen molar-refractivity contribution in [1.29, 1.82) is 0 Å². The van der Waals surface area contributed by atoms with Gasteiger partial charge in [-0.3, -0.25) is 10.1 Å². The van der Waals surface area contributed by atoms with E-state index in [0.29, 0.717) is 5.56 Å². The molecule has 0 fully saturated rings. The predicted octanol–water partition coefficient (Wildman–Crippen LogP) is 2.31. The lowest BCUT2D eigenvalue weighted by molar-refractivity contribution is -0.384. The SMILES string of the molecule is COC(=O)/C(=C(\C)Cl)C(O)c1ccc([N+](=O)[O-])cc1. The number of ether oxygens (including phenoxy) is 1. The number of non-ortho nitro benzene ring substituents is 1. The summed E-state index contributed by atoms with van der Waals surface area (Å²) in [5, 5.41) is 20.7. The molecular formula is C12H12ClNO5. The van der Waals surface area contributed by atoms with E-state index in [0.717, 1.165) is 0 Å². The van der Waals surface area contributed by atoms with E-state index in [1.165, 1.54) is 38.3 Å². The van der Waals surface area contributed by atoms with Crippen molar-refractivity contribution in [3.8, 4) is 0 Å². The van der Waals surface area contributed by atoms with Gasteiger partial charge in [0.25, 0.3) is 5.69 Å². The molecule has 102 valence electrons. The first-order valence-electron chi connectivity index (χ1n) is 5.25. The number of halogens is 1. The van der Waals surface area contributed by atoms with E-state index >= 15 is 0 Å². The molecule has 6 nitrogen and oxygen atoms in total. The molecule has 0 saturated carbocycles. The number of nitro groups is 1. The van der Waals surface area contributed by atoms with Gasteiger partial charge in [0, 0.05) is 17.2 Å². The van der Waals surface area contributed by atoms with Crippen LogP contribution in [0.4, 0.5) is 5.69 Å². The molecule has 1 unspecified atom stereocenters. The maximum atomic E-state index is 11.5. The normalized spacial score (nSPS) is 13.5. The molecule has 0 aliphatic carbocycles. The van der Waals surface area contributed by atoms with Crippen molar-refractivity contribution in [1.82, 2.24) is 0 Å². The number of aliphatic hydroxyl groups is 1. The van der Waals surface area contributed by atoms with E-state index in [-0.39, 0.29) is 16.3 Å². The van der Waals surface area contributed by atoms with Crippen molar-refractivity contribution in [2.75, 3.05) is 7.11 Å². The summed E-state index contributed by atoms with van der Waals surface area (Å²) >= 11 is 5.75.